The molecule has 0 aromatic heterocycles. The number of halogens is 4. The van der Waals surface area contributed by atoms with Crippen molar-refractivity contribution in [3.8, 4) is 5.75 Å². The fourth-order valence-electron chi connectivity index (χ4n) is 2.31. The maximum atomic E-state index is 13.0. The summed E-state index contributed by atoms with van der Waals surface area (Å²) < 4.78 is 19.0. The fraction of sp³-hybridized carbons (Fsp3) is 0.250. The first-order chi connectivity index (χ1) is 10.1. The van der Waals surface area contributed by atoms with Gasteiger partial charge < -0.3 is 10.1 Å². The maximum Gasteiger partial charge on any atom is 0.129 e. The Bertz CT molecular complexity index is 632. The Kier molecular flexibility index (Phi) is 5.93. The molecule has 1 heterocycles. The van der Waals surface area contributed by atoms with Gasteiger partial charge in [0, 0.05) is 19.0 Å². The first-order valence-electron chi connectivity index (χ1n) is 6.71. The van der Waals surface area contributed by atoms with Gasteiger partial charge in [0.2, 0.25) is 0 Å². The normalized spacial score (nSPS) is 15.6. The number of rotatable bonds is 4. The standard InChI is InChI=1S/C16H14Cl2FNO.ClH/c17-14-6-1-10(7-15(14)18)16(11-8-20-9-11)21-13-4-2-12(19)3-5-13;/h1-7,11,16,20H,8-9H2;1H. The molecule has 0 aliphatic carbocycles. The third-order valence-corrected chi connectivity index (χ3v) is 4.33. The van der Waals surface area contributed by atoms with Crippen LogP contribution in [0.15, 0.2) is 42.5 Å². The monoisotopic (exact) mass is 361 g/mol. The van der Waals surface area contributed by atoms with E-state index in [2.05, 4.69) is 5.32 Å². The van der Waals surface area contributed by atoms with E-state index in [9.17, 15) is 4.39 Å². The molecule has 2 aromatic carbocycles. The number of hydrogen-bond donors (Lipinski definition) is 1. The molecule has 0 saturated carbocycles. The first kappa shape index (κ1) is 17.4. The lowest BCUT2D eigenvalue weighted by atomic mass is 9.91. The zero-order valence-electron chi connectivity index (χ0n) is 11.6. The second-order valence-electron chi connectivity index (χ2n) is 5.08. The lowest BCUT2D eigenvalue weighted by Crippen LogP contribution is -2.46. The minimum absolute atomic E-state index is 0. The smallest absolute Gasteiger partial charge is 0.129 e. The van der Waals surface area contributed by atoms with E-state index in [1.54, 1.807) is 18.2 Å². The van der Waals surface area contributed by atoms with Crippen molar-refractivity contribution in [1.29, 1.82) is 0 Å². The molecule has 3 rings (SSSR count). The van der Waals surface area contributed by atoms with Gasteiger partial charge in [-0.3, -0.25) is 0 Å². The van der Waals surface area contributed by atoms with Gasteiger partial charge in [-0.25, -0.2) is 4.39 Å². The van der Waals surface area contributed by atoms with Crippen LogP contribution >= 0.6 is 35.6 Å². The van der Waals surface area contributed by atoms with Crippen LogP contribution in [0.5, 0.6) is 5.75 Å². The van der Waals surface area contributed by atoms with Crippen LogP contribution in [0.4, 0.5) is 4.39 Å². The highest BCUT2D eigenvalue weighted by molar-refractivity contribution is 6.42. The summed E-state index contributed by atoms with van der Waals surface area (Å²) in [5.74, 6) is 0.713. The minimum Gasteiger partial charge on any atom is -0.485 e. The Labute approximate surface area is 145 Å². The Morgan fingerprint density at radius 2 is 1.73 bits per heavy atom. The molecule has 6 heteroatoms. The molecular formula is C16H15Cl3FNO. The molecule has 118 valence electrons. The van der Waals surface area contributed by atoms with E-state index in [0.29, 0.717) is 21.7 Å². The Balaban J connectivity index is 0.00000176. The molecule has 2 nitrogen and oxygen atoms in total. The van der Waals surface area contributed by atoms with Crippen LogP contribution in [-0.2, 0) is 0 Å². The largest absolute Gasteiger partial charge is 0.485 e. The van der Waals surface area contributed by atoms with Crippen molar-refractivity contribution in [2.75, 3.05) is 13.1 Å². The van der Waals surface area contributed by atoms with Crippen LogP contribution in [0.1, 0.15) is 11.7 Å². The summed E-state index contributed by atoms with van der Waals surface area (Å²) in [4.78, 5) is 0. The molecule has 1 fully saturated rings. The summed E-state index contributed by atoms with van der Waals surface area (Å²) in [7, 11) is 0. The van der Waals surface area contributed by atoms with Crippen molar-refractivity contribution in [3.05, 3.63) is 63.9 Å². The Hall–Kier alpha value is -1.00. The topological polar surface area (TPSA) is 21.3 Å². The zero-order valence-corrected chi connectivity index (χ0v) is 13.9. The van der Waals surface area contributed by atoms with E-state index in [0.717, 1.165) is 18.7 Å². The van der Waals surface area contributed by atoms with Gasteiger partial charge in [0.25, 0.3) is 0 Å². The molecule has 1 saturated heterocycles. The summed E-state index contributed by atoms with van der Waals surface area (Å²) in [5, 5.41) is 4.26. The summed E-state index contributed by atoms with van der Waals surface area (Å²) in [6, 6.07) is 11.6. The molecule has 0 bridgehead atoms. The SMILES string of the molecule is Cl.Fc1ccc(OC(c2ccc(Cl)c(Cl)c2)C2CNC2)cc1. The van der Waals surface area contributed by atoms with Crippen molar-refractivity contribution in [1.82, 2.24) is 5.32 Å². The zero-order chi connectivity index (χ0) is 14.8. The van der Waals surface area contributed by atoms with E-state index in [-0.39, 0.29) is 24.3 Å². The molecular weight excluding hydrogens is 348 g/mol. The van der Waals surface area contributed by atoms with Crippen LogP contribution in [0.25, 0.3) is 0 Å². The van der Waals surface area contributed by atoms with Gasteiger partial charge in [0.1, 0.15) is 17.7 Å². The first-order valence-corrected chi connectivity index (χ1v) is 7.47. The van der Waals surface area contributed by atoms with Gasteiger partial charge in [-0.2, -0.15) is 0 Å². The van der Waals surface area contributed by atoms with Crippen molar-refractivity contribution in [2.45, 2.75) is 6.10 Å². The van der Waals surface area contributed by atoms with Crippen LogP contribution in [0.2, 0.25) is 10.0 Å². The van der Waals surface area contributed by atoms with Crippen LogP contribution in [-0.4, -0.2) is 13.1 Å². The average Bonchev–Trinajstić information content (AvgIpc) is 2.41. The predicted octanol–water partition coefficient (Wildman–Crippen LogP) is 4.89. The molecule has 1 aliphatic heterocycles. The van der Waals surface area contributed by atoms with Crippen molar-refractivity contribution in [3.63, 3.8) is 0 Å². The summed E-state index contributed by atoms with van der Waals surface area (Å²) >= 11 is 12.1. The maximum absolute atomic E-state index is 13.0. The number of benzene rings is 2. The van der Waals surface area contributed by atoms with Crippen LogP contribution in [0.3, 0.4) is 0 Å². The third kappa shape index (κ3) is 3.85. The van der Waals surface area contributed by atoms with Crippen molar-refractivity contribution >= 4 is 35.6 Å². The second-order valence-corrected chi connectivity index (χ2v) is 5.90. The van der Waals surface area contributed by atoms with E-state index in [4.69, 9.17) is 27.9 Å². The van der Waals surface area contributed by atoms with E-state index in [1.807, 2.05) is 12.1 Å². The number of hydrogen-bond acceptors (Lipinski definition) is 2. The van der Waals surface area contributed by atoms with E-state index < -0.39 is 0 Å². The summed E-state index contributed by atoms with van der Waals surface area (Å²) in [6.45, 7) is 1.76. The highest BCUT2D eigenvalue weighted by Crippen LogP contribution is 2.34. The van der Waals surface area contributed by atoms with Gasteiger partial charge in [-0.15, -0.1) is 12.4 Å². The van der Waals surface area contributed by atoms with Gasteiger partial charge in [-0.1, -0.05) is 29.3 Å². The summed E-state index contributed by atoms with van der Waals surface area (Å²) in [5.41, 5.74) is 0.972. The van der Waals surface area contributed by atoms with Crippen LogP contribution < -0.4 is 10.1 Å². The Morgan fingerprint density at radius 1 is 1.05 bits per heavy atom. The Morgan fingerprint density at radius 3 is 2.27 bits per heavy atom. The molecule has 0 spiro atoms. The second kappa shape index (κ2) is 7.51. The molecule has 0 radical (unpaired) electrons. The van der Waals surface area contributed by atoms with E-state index >= 15 is 0 Å². The number of nitrogens with one attached hydrogen (secondary N) is 1. The molecule has 1 atom stereocenters. The van der Waals surface area contributed by atoms with Gasteiger partial charge in [0.05, 0.1) is 10.0 Å². The van der Waals surface area contributed by atoms with Gasteiger partial charge in [-0.05, 0) is 42.0 Å². The van der Waals surface area contributed by atoms with Crippen molar-refractivity contribution in [2.24, 2.45) is 5.92 Å². The fourth-order valence-corrected chi connectivity index (χ4v) is 2.62. The quantitative estimate of drug-likeness (QED) is 0.836. The molecule has 2 aromatic rings. The van der Waals surface area contributed by atoms with Gasteiger partial charge >= 0.3 is 0 Å². The highest BCUT2D eigenvalue weighted by Gasteiger charge is 2.30. The summed E-state index contributed by atoms with van der Waals surface area (Å²) in [6.07, 6.45) is -0.133. The molecule has 22 heavy (non-hydrogen) atoms. The lowest BCUT2D eigenvalue weighted by molar-refractivity contribution is 0.0992. The number of ether oxygens (including phenoxy) is 1. The third-order valence-electron chi connectivity index (χ3n) is 3.59. The lowest BCUT2D eigenvalue weighted by Gasteiger charge is -2.35. The molecule has 1 N–H and O–H groups in total. The van der Waals surface area contributed by atoms with Crippen LogP contribution in [0, 0.1) is 11.7 Å². The predicted molar refractivity (Wildman–Crippen MR) is 89.8 cm³/mol. The average molecular weight is 363 g/mol. The van der Waals surface area contributed by atoms with Gasteiger partial charge in [0.15, 0.2) is 0 Å². The minimum atomic E-state index is -0.279. The van der Waals surface area contributed by atoms with E-state index in [1.165, 1.54) is 12.1 Å². The van der Waals surface area contributed by atoms with Crippen molar-refractivity contribution < 1.29 is 9.13 Å². The molecule has 0 amide bonds. The molecule has 1 aliphatic rings. The molecule has 1 unspecified atom stereocenters. The highest BCUT2D eigenvalue weighted by atomic mass is 35.5.